The molecule has 0 bridgehead atoms. The number of rotatable bonds is 4. The molecule has 0 unspecified atom stereocenters. The van der Waals surface area contributed by atoms with Gasteiger partial charge in [0.05, 0.1) is 16.3 Å². The highest BCUT2D eigenvalue weighted by atomic mass is 32.2. The fraction of sp³-hybridized carbons (Fsp3) is 0.353. The van der Waals surface area contributed by atoms with Gasteiger partial charge in [0.2, 0.25) is 0 Å². The minimum absolute atomic E-state index is 0.00168. The summed E-state index contributed by atoms with van der Waals surface area (Å²) >= 11 is 0. The van der Waals surface area contributed by atoms with Crippen LogP contribution < -0.4 is 0 Å². The van der Waals surface area contributed by atoms with Crippen molar-refractivity contribution in [2.24, 2.45) is 0 Å². The Kier molecular flexibility index (Phi) is 4.71. The van der Waals surface area contributed by atoms with Crippen LogP contribution in [0.1, 0.15) is 38.1 Å². The van der Waals surface area contributed by atoms with E-state index in [0.29, 0.717) is 5.69 Å². The fourth-order valence-corrected chi connectivity index (χ4v) is 3.55. The number of aromatic nitrogens is 4. The largest absolute Gasteiger partial charge is 0.435 e. The average molecular weight is 398 g/mol. The lowest BCUT2D eigenvalue weighted by molar-refractivity contribution is -0.141. The Labute approximate surface area is 154 Å². The van der Waals surface area contributed by atoms with Gasteiger partial charge in [0.25, 0.3) is 0 Å². The maximum absolute atomic E-state index is 12.9. The van der Waals surface area contributed by atoms with Crippen molar-refractivity contribution < 1.29 is 21.6 Å². The number of sulfone groups is 1. The zero-order valence-corrected chi connectivity index (χ0v) is 15.6. The quantitative estimate of drug-likeness (QED) is 0.669. The van der Waals surface area contributed by atoms with Gasteiger partial charge in [0.1, 0.15) is 5.69 Å². The van der Waals surface area contributed by atoms with Crippen LogP contribution in [0.3, 0.4) is 0 Å². The van der Waals surface area contributed by atoms with Gasteiger partial charge in [0, 0.05) is 18.0 Å². The second-order valence-corrected chi connectivity index (χ2v) is 8.53. The molecular weight excluding hydrogens is 381 g/mol. The lowest BCUT2D eigenvalue weighted by atomic mass is 10.1. The first-order valence-electron chi connectivity index (χ1n) is 8.20. The average Bonchev–Trinajstić information content (AvgIpc) is 3.04. The van der Waals surface area contributed by atoms with Crippen LogP contribution in [0.4, 0.5) is 13.2 Å². The van der Waals surface area contributed by atoms with Gasteiger partial charge < -0.3 is 0 Å². The first-order chi connectivity index (χ1) is 12.5. The van der Waals surface area contributed by atoms with Gasteiger partial charge in [-0.2, -0.15) is 18.3 Å². The number of hydrogen-bond acceptors (Lipinski definition) is 5. The zero-order valence-electron chi connectivity index (χ0n) is 14.8. The third-order valence-corrected chi connectivity index (χ3v) is 5.80. The molecule has 3 aromatic rings. The fourth-order valence-electron chi connectivity index (χ4n) is 2.52. The molecule has 3 heterocycles. The summed E-state index contributed by atoms with van der Waals surface area (Å²) in [6, 6.07) is 5.32. The number of halogens is 3. The zero-order chi connectivity index (χ0) is 20.0. The molecular formula is C17H17F3N4O2S. The van der Waals surface area contributed by atoms with Gasteiger partial charge in [-0.15, -0.1) is 0 Å². The molecule has 0 atom stereocenters. The van der Waals surface area contributed by atoms with E-state index in [1.165, 1.54) is 25.3 Å². The SMILES string of the molecule is CCS(=O)(=O)c1ccc(C(C)C)nc1-c1ccn2nc(C(F)(F)F)cc2n1. The number of pyridine rings is 1. The van der Waals surface area contributed by atoms with Crippen molar-refractivity contribution in [3.05, 3.63) is 41.9 Å². The number of nitrogens with zero attached hydrogens (tertiary/aromatic N) is 4. The Morgan fingerprint density at radius 3 is 2.44 bits per heavy atom. The minimum atomic E-state index is -4.60. The van der Waals surface area contributed by atoms with Gasteiger partial charge >= 0.3 is 6.18 Å². The highest BCUT2D eigenvalue weighted by Crippen LogP contribution is 2.30. The molecule has 3 aromatic heterocycles. The van der Waals surface area contributed by atoms with E-state index in [1.54, 1.807) is 6.07 Å². The summed E-state index contributed by atoms with van der Waals surface area (Å²) in [5, 5.41) is 3.44. The molecule has 0 aliphatic carbocycles. The van der Waals surface area contributed by atoms with E-state index in [9.17, 15) is 21.6 Å². The van der Waals surface area contributed by atoms with Crippen molar-refractivity contribution >= 4 is 15.5 Å². The first-order valence-corrected chi connectivity index (χ1v) is 9.86. The Balaban J connectivity index is 2.23. The van der Waals surface area contributed by atoms with Gasteiger partial charge in [-0.3, -0.25) is 0 Å². The molecule has 3 rings (SSSR count). The number of fused-ring (bicyclic) bond motifs is 1. The molecule has 0 aliphatic heterocycles. The maximum Gasteiger partial charge on any atom is 0.435 e. The molecule has 27 heavy (non-hydrogen) atoms. The van der Waals surface area contributed by atoms with Crippen LogP contribution in [0.15, 0.2) is 35.4 Å². The summed E-state index contributed by atoms with van der Waals surface area (Å²) in [6.45, 7) is 5.32. The predicted molar refractivity (Wildman–Crippen MR) is 93.0 cm³/mol. The van der Waals surface area contributed by atoms with Crippen molar-refractivity contribution in [2.45, 2.75) is 37.8 Å². The molecule has 0 fully saturated rings. The lowest BCUT2D eigenvalue weighted by Crippen LogP contribution is -2.09. The molecule has 0 amide bonds. The molecule has 10 heteroatoms. The lowest BCUT2D eigenvalue weighted by Gasteiger charge is -2.12. The standard InChI is InChI=1S/C17H17F3N4O2S/c1-4-27(25,26)13-6-5-11(10(2)3)22-16(13)12-7-8-24-15(21-12)9-14(23-24)17(18,19)20/h5-10H,4H2,1-3H3. The van der Waals surface area contributed by atoms with Gasteiger partial charge in [-0.25, -0.2) is 22.9 Å². The van der Waals surface area contributed by atoms with Gasteiger partial charge in [0.15, 0.2) is 21.2 Å². The summed E-state index contributed by atoms with van der Waals surface area (Å²) in [6.07, 6.45) is -3.29. The third kappa shape index (κ3) is 3.66. The molecule has 6 nitrogen and oxygen atoms in total. The van der Waals surface area contributed by atoms with Crippen LogP contribution in [-0.4, -0.2) is 33.8 Å². The van der Waals surface area contributed by atoms with Crippen LogP contribution in [0.25, 0.3) is 17.0 Å². The van der Waals surface area contributed by atoms with Crippen LogP contribution in [-0.2, 0) is 16.0 Å². The summed E-state index contributed by atoms with van der Waals surface area (Å²) in [5.41, 5.74) is -0.161. The molecule has 0 saturated heterocycles. The topological polar surface area (TPSA) is 77.2 Å². The third-order valence-electron chi connectivity index (χ3n) is 4.04. The van der Waals surface area contributed by atoms with E-state index in [0.717, 1.165) is 10.6 Å². The minimum Gasteiger partial charge on any atom is -0.250 e. The molecule has 0 spiro atoms. The summed E-state index contributed by atoms with van der Waals surface area (Å²) in [4.78, 5) is 8.59. The van der Waals surface area contributed by atoms with Crippen LogP contribution in [0.5, 0.6) is 0 Å². The van der Waals surface area contributed by atoms with E-state index in [4.69, 9.17) is 0 Å². The predicted octanol–water partition coefficient (Wildman–Crippen LogP) is 3.73. The van der Waals surface area contributed by atoms with Crippen molar-refractivity contribution in [1.29, 1.82) is 0 Å². The first kappa shape index (κ1) is 19.3. The molecule has 144 valence electrons. The number of hydrogen-bond donors (Lipinski definition) is 0. The molecule has 0 saturated carbocycles. The van der Waals surface area contributed by atoms with Crippen molar-refractivity contribution in [2.75, 3.05) is 5.75 Å². The van der Waals surface area contributed by atoms with Gasteiger partial charge in [-0.1, -0.05) is 20.8 Å². The summed E-state index contributed by atoms with van der Waals surface area (Å²) in [7, 11) is -3.60. The summed E-state index contributed by atoms with van der Waals surface area (Å²) in [5.74, 6) is -0.0896. The molecule has 0 radical (unpaired) electrons. The van der Waals surface area contributed by atoms with Crippen molar-refractivity contribution in [1.82, 2.24) is 19.6 Å². The monoisotopic (exact) mass is 398 g/mol. The molecule has 0 aliphatic rings. The van der Waals surface area contributed by atoms with E-state index in [1.807, 2.05) is 13.8 Å². The van der Waals surface area contributed by atoms with Gasteiger partial charge in [-0.05, 0) is 24.1 Å². The smallest absolute Gasteiger partial charge is 0.250 e. The highest BCUT2D eigenvalue weighted by Gasteiger charge is 2.34. The number of alkyl halides is 3. The Bertz CT molecular complexity index is 1110. The van der Waals surface area contributed by atoms with E-state index < -0.39 is 21.7 Å². The Morgan fingerprint density at radius 1 is 1.15 bits per heavy atom. The summed E-state index contributed by atoms with van der Waals surface area (Å²) < 4.78 is 64.5. The van der Waals surface area contributed by atoms with E-state index in [-0.39, 0.29) is 33.6 Å². The van der Waals surface area contributed by atoms with Crippen LogP contribution in [0.2, 0.25) is 0 Å². The normalized spacial score (nSPS) is 12.9. The van der Waals surface area contributed by atoms with Crippen LogP contribution >= 0.6 is 0 Å². The second kappa shape index (κ2) is 6.59. The molecule has 0 aromatic carbocycles. The maximum atomic E-state index is 12.9. The molecule has 0 N–H and O–H groups in total. The van der Waals surface area contributed by atoms with E-state index >= 15 is 0 Å². The Hall–Kier alpha value is -2.49. The second-order valence-electron chi connectivity index (χ2n) is 6.28. The van der Waals surface area contributed by atoms with Crippen molar-refractivity contribution in [3.63, 3.8) is 0 Å². The van der Waals surface area contributed by atoms with Crippen molar-refractivity contribution in [3.8, 4) is 11.4 Å². The highest BCUT2D eigenvalue weighted by molar-refractivity contribution is 7.91. The van der Waals surface area contributed by atoms with E-state index in [2.05, 4.69) is 15.1 Å². The van der Waals surface area contributed by atoms with Crippen LogP contribution in [0, 0.1) is 0 Å². The Morgan fingerprint density at radius 2 is 1.85 bits per heavy atom.